The predicted molar refractivity (Wildman–Crippen MR) is 164 cm³/mol. The normalized spacial score (nSPS) is 14.7. The summed E-state index contributed by atoms with van der Waals surface area (Å²) in [5, 5.41) is 17.0. The Morgan fingerprint density at radius 2 is 1.90 bits per heavy atom. The second kappa shape index (κ2) is 13.1. The lowest BCUT2D eigenvalue weighted by Crippen LogP contribution is -2.23. The summed E-state index contributed by atoms with van der Waals surface area (Å²) in [6.07, 6.45) is 1.71. The van der Waals surface area contributed by atoms with Crippen molar-refractivity contribution in [2.24, 2.45) is 4.99 Å². The fourth-order valence-corrected chi connectivity index (χ4v) is 5.08. The van der Waals surface area contributed by atoms with E-state index in [4.69, 9.17) is 4.74 Å². The molecule has 0 aliphatic carbocycles. The summed E-state index contributed by atoms with van der Waals surface area (Å²) >= 11 is 1.23. The molecule has 0 bridgehead atoms. The number of non-ortho nitro benzene ring substituents is 1. The van der Waals surface area contributed by atoms with E-state index in [0.29, 0.717) is 27.1 Å². The van der Waals surface area contributed by atoms with Crippen molar-refractivity contribution in [3.63, 3.8) is 0 Å². The molecule has 0 spiro atoms. The smallest absolute Gasteiger partial charge is 0.271 e. The van der Waals surface area contributed by atoms with Crippen LogP contribution in [0.3, 0.4) is 0 Å². The van der Waals surface area contributed by atoms with E-state index >= 15 is 0 Å². The Hall–Kier alpha value is -4.64. The van der Waals surface area contributed by atoms with Gasteiger partial charge in [-0.15, -0.1) is 0 Å². The minimum Gasteiger partial charge on any atom is -0.483 e. The number of anilines is 2. The third kappa shape index (κ3) is 7.52. The molecule has 2 N–H and O–H groups in total. The number of nitro groups is 1. The van der Waals surface area contributed by atoms with E-state index in [1.165, 1.54) is 30.0 Å². The molecule has 11 heteroatoms. The summed E-state index contributed by atoms with van der Waals surface area (Å²) in [4.78, 5) is 43.2. The number of carbonyl (C=O) groups is 2. The van der Waals surface area contributed by atoms with Gasteiger partial charge in [0.15, 0.2) is 11.8 Å². The monoisotopic (exact) mass is 573 g/mol. The van der Waals surface area contributed by atoms with E-state index in [1.807, 2.05) is 64.1 Å². The van der Waals surface area contributed by atoms with Crippen LogP contribution in [0.25, 0.3) is 6.08 Å². The van der Waals surface area contributed by atoms with Crippen LogP contribution in [-0.2, 0) is 9.59 Å². The van der Waals surface area contributed by atoms with E-state index in [2.05, 4.69) is 20.5 Å². The van der Waals surface area contributed by atoms with E-state index in [9.17, 15) is 19.7 Å². The number of hydrogen-bond donors (Lipinski definition) is 2. The second-order valence-corrected chi connectivity index (χ2v) is 10.3. The summed E-state index contributed by atoms with van der Waals surface area (Å²) in [7, 11) is 0. The first-order valence-corrected chi connectivity index (χ1v) is 13.9. The Balaban J connectivity index is 1.56. The van der Waals surface area contributed by atoms with Crippen molar-refractivity contribution >= 4 is 57.6 Å². The molecule has 4 rings (SSSR count). The number of hydrogen-bond acceptors (Lipinski definition) is 8. The molecule has 3 aromatic carbocycles. The van der Waals surface area contributed by atoms with Crippen LogP contribution in [0, 0.1) is 24.0 Å². The SMILES string of the molecule is CCN(CC)c1ccc(/C=C2\SC(=Nc3ccc(C)cc3C)NC2=O)c(OCC(=O)Nc2cccc([N+](=O)[O-])c2)c1. The van der Waals surface area contributed by atoms with Gasteiger partial charge in [0.05, 0.1) is 15.5 Å². The van der Waals surface area contributed by atoms with Crippen molar-refractivity contribution in [3.05, 3.63) is 92.4 Å². The van der Waals surface area contributed by atoms with Crippen molar-refractivity contribution in [1.82, 2.24) is 5.32 Å². The van der Waals surface area contributed by atoms with E-state index in [0.717, 1.165) is 35.6 Å². The van der Waals surface area contributed by atoms with Gasteiger partial charge in [0.1, 0.15) is 5.75 Å². The zero-order chi connectivity index (χ0) is 29.5. The summed E-state index contributed by atoms with van der Waals surface area (Å²) in [5.74, 6) is -0.335. The molecular weight excluding hydrogens is 542 g/mol. The minimum atomic E-state index is -0.528. The van der Waals surface area contributed by atoms with Gasteiger partial charge in [-0.1, -0.05) is 23.8 Å². The number of rotatable bonds is 10. The van der Waals surface area contributed by atoms with Crippen LogP contribution in [0.2, 0.25) is 0 Å². The van der Waals surface area contributed by atoms with Crippen molar-refractivity contribution in [2.45, 2.75) is 27.7 Å². The Bertz CT molecular complexity index is 1550. The van der Waals surface area contributed by atoms with Crippen LogP contribution in [0.15, 0.2) is 70.6 Å². The number of benzene rings is 3. The van der Waals surface area contributed by atoms with Crippen LogP contribution in [0.5, 0.6) is 5.75 Å². The second-order valence-electron chi connectivity index (χ2n) is 9.31. The van der Waals surface area contributed by atoms with Gasteiger partial charge >= 0.3 is 0 Å². The lowest BCUT2D eigenvalue weighted by Gasteiger charge is -2.22. The molecule has 0 saturated carbocycles. The van der Waals surface area contributed by atoms with Gasteiger partial charge in [0.25, 0.3) is 17.5 Å². The third-order valence-electron chi connectivity index (χ3n) is 6.34. The van der Waals surface area contributed by atoms with Crippen LogP contribution in [-0.4, -0.2) is 41.6 Å². The third-order valence-corrected chi connectivity index (χ3v) is 7.25. The highest BCUT2D eigenvalue weighted by molar-refractivity contribution is 8.18. The van der Waals surface area contributed by atoms with Gasteiger partial charge in [0, 0.05) is 48.2 Å². The topological polar surface area (TPSA) is 126 Å². The fourth-order valence-electron chi connectivity index (χ4n) is 4.25. The molecule has 3 aromatic rings. The lowest BCUT2D eigenvalue weighted by atomic mass is 10.1. The Morgan fingerprint density at radius 3 is 2.61 bits per heavy atom. The average molecular weight is 574 g/mol. The Kier molecular flexibility index (Phi) is 9.41. The van der Waals surface area contributed by atoms with Gasteiger partial charge in [-0.3, -0.25) is 19.7 Å². The van der Waals surface area contributed by atoms with Crippen molar-refractivity contribution in [3.8, 4) is 5.75 Å². The number of nitrogens with one attached hydrogen (secondary N) is 2. The summed E-state index contributed by atoms with van der Waals surface area (Å²) in [6.45, 7) is 9.30. The summed E-state index contributed by atoms with van der Waals surface area (Å²) in [5.41, 5.74) is 4.62. The number of nitrogens with zero attached hydrogens (tertiary/aromatic N) is 3. The summed E-state index contributed by atoms with van der Waals surface area (Å²) in [6, 6.07) is 17.2. The van der Waals surface area contributed by atoms with Crippen LogP contribution in [0.4, 0.5) is 22.7 Å². The molecule has 10 nitrogen and oxygen atoms in total. The van der Waals surface area contributed by atoms with Crippen molar-refractivity contribution in [2.75, 3.05) is 29.9 Å². The number of aryl methyl sites for hydroxylation is 2. The quantitative estimate of drug-likeness (QED) is 0.174. The van der Waals surface area contributed by atoms with Gasteiger partial charge < -0.3 is 20.3 Å². The van der Waals surface area contributed by atoms with Crippen LogP contribution in [0.1, 0.15) is 30.5 Å². The molecule has 1 fully saturated rings. The highest BCUT2D eigenvalue weighted by Gasteiger charge is 2.25. The van der Waals surface area contributed by atoms with E-state index < -0.39 is 10.8 Å². The molecule has 0 unspecified atom stereocenters. The fraction of sp³-hybridized carbons (Fsp3) is 0.233. The zero-order valence-corrected chi connectivity index (χ0v) is 24.1. The molecule has 0 radical (unpaired) electrons. The number of thioether (sulfide) groups is 1. The number of ether oxygens (including phenoxy) is 1. The Morgan fingerprint density at radius 1 is 1.12 bits per heavy atom. The maximum absolute atomic E-state index is 12.8. The first-order chi connectivity index (χ1) is 19.7. The molecule has 1 saturated heterocycles. The van der Waals surface area contributed by atoms with Crippen LogP contribution < -0.4 is 20.3 Å². The molecule has 41 heavy (non-hydrogen) atoms. The highest BCUT2D eigenvalue weighted by Crippen LogP contribution is 2.33. The number of nitro benzene ring substituents is 1. The molecule has 1 aliphatic rings. The molecular formula is C30H31N5O5S. The predicted octanol–water partition coefficient (Wildman–Crippen LogP) is 5.97. The van der Waals surface area contributed by atoms with Gasteiger partial charge in [0.2, 0.25) is 0 Å². The van der Waals surface area contributed by atoms with Crippen molar-refractivity contribution in [1.29, 1.82) is 0 Å². The number of aliphatic imine (C=N–C) groups is 1. The highest BCUT2D eigenvalue weighted by atomic mass is 32.2. The Labute approximate surface area is 242 Å². The van der Waals surface area contributed by atoms with E-state index in [1.54, 1.807) is 12.1 Å². The largest absolute Gasteiger partial charge is 0.483 e. The molecule has 2 amide bonds. The maximum Gasteiger partial charge on any atom is 0.271 e. The molecule has 0 atom stereocenters. The standard InChI is InChI=1S/C30H31N5O5S/c1-5-34(6-2)23-12-11-21(15-27-29(37)33-30(41-27)32-25-13-10-19(3)14-20(25)4)26(17-23)40-18-28(36)31-22-8-7-9-24(16-22)35(38)39/h7-17H,5-6,18H2,1-4H3,(H,31,36)(H,32,33,37)/b27-15-. The van der Waals surface area contributed by atoms with E-state index in [-0.39, 0.29) is 18.2 Å². The number of amides is 2. The van der Waals surface area contributed by atoms with Gasteiger partial charge in [-0.05, 0) is 75.4 Å². The first kappa shape index (κ1) is 29.3. The first-order valence-electron chi connectivity index (χ1n) is 13.1. The van der Waals surface area contributed by atoms with Crippen LogP contribution >= 0.6 is 11.8 Å². The molecule has 0 aromatic heterocycles. The van der Waals surface area contributed by atoms with Gasteiger partial charge in [-0.2, -0.15) is 0 Å². The number of amidine groups is 1. The summed E-state index contributed by atoms with van der Waals surface area (Å²) < 4.78 is 5.94. The molecule has 1 heterocycles. The average Bonchev–Trinajstić information content (AvgIpc) is 3.29. The zero-order valence-electron chi connectivity index (χ0n) is 23.3. The lowest BCUT2D eigenvalue weighted by molar-refractivity contribution is -0.384. The van der Waals surface area contributed by atoms with Gasteiger partial charge in [-0.25, -0.2) is 4.99 Å². The maximum atomic E-state index is 12.8. The minimum absolute atomic E-state index is 0.127. The molecule has 212 valence electrons. The number of carbonyl (C=O) groups excluding carboxylic acids is 2. The van der Waals surface area contributed by atoms with Crippen molar-refractivity contribution < 1.29 is 19.2 Å². The molecule has 1 aliphatic heterocycles.